The smallest absolute Gasteiger partial charge is 0.137 e. The molecule has 2 aliphatic rings. The van der Waals surface area contributed by atoms with Gasteiger partial charge in [-0.2, -0.15) is 0 Å². The van der Waals surface area contributed by atoms with E-state index in [2.05, 4.69) is 76.3 Å². The van der Waals surface area contributed by atoms with Crippen molar-refractivity contribution in [1.29, 1.82) is 0 Å². The minimum atomic E-state index is 0.114. The summed E-state index contributed by atoms with van der Waals surface area (Å²) in [4.78, 5) is 4.69. The molecule has 0 N–H and O–H groups in total. The van der Waals surface area contributed by atoms with Crippen LogP contribution in [0.5, 0.6) is 5.75 Å². The SMILES string of the molecule is COc1ccc2c(c1)C=C(c1cc3ccccc3n1-c1ccccn1)C21CCC1. The summed E-state index contributed by atoms with van der Waals surface area (Å²) < 4.78 is 7.82. The Morgan fingerprint density at radius 1 is 0.966 bits per heavy atom. The largest absolute Gasteiger partial charge is 0.497 e. The molecule has 2 aromatic carbocycles. The van der Waals surface area contributed by atoms with Crippen molar-refractivity contribution in [3.05, 3.63) is 89.7 Å². The third kappa shape index (κ3) is 2.27. The van der Waals surface area contributed by atoms with E-state index in [1.54, 1.807) is 7.11 Å². The van der Waals surface area contributed by atoms with E-state index in [4.69, 9.17) is 4.74 Å². The number of allylic oxidation sites excluding steroid dienone is 1. The highest BCUT2D eigenvalue weighted by Gasteiger charge is 2.47. The van der Waals surface area contributed by atoms with Crippen molar-refractivity contribution in [2.45, 2.75) is 24.7 Å². The van der Waals surface area contributed by atoms with Crippen LogP contribution in [0.1, 0.15) is 36.1 Å². The topological polar surface area (TPSA) is 27.1 Å². The Kier molecular flexibility index (Phi) is 3.48. The highest BCUT2D eigenvalue weighted by molar-refractivity contribution is 5.98. The minimum Gasteiger partial charge on any atom is -0.497 e. The summed E-state index contributed by atoms with van der Waals surface area (Å²) in [5.74, 6) is 1.88. The fraction of sp³-hybridized carbons (Fsp3) is 0.192. The van der Waals surface area contributed by atoms with Gasteiger partial charge < -0.3 is 4.74 Å². The Morgan fingerprint density at radius 2 is 1.83 bits per heavy atom. The lowest BCUT2D eigenvalue weighted by molar-refractivity contribution is 0.330. The van der Waals surface area contributed by atoms with Crippen molar-refractivity contribution in [3.63, 3.8) is 0 Å². The van der Waals surface area contributed by atoms with Crippen LogP contribution in [0.25, 0.3) is 28.4 Å². The standard InChI is InChI=1S/C26H22N2O/c1-29-20-10-11-21-19(15-20)16-22(26(21)12-6-13-26)24-17-18-7-2-3-8-23(18)28(24)25-9-4-5-14-27-25/h2-5,7-11,14-17H,6,12-13H2,1H3. The van der Waals surface area contributed by atoms with Crippen molar-refractivity contribution in [1.82, 2.24) is 9.55 Å². The second kappa shape index (κ2) is 6.08. The monoisotopic (exact) mass is 378 g/mol. The Balaban J connectivity index is 1.63. The number of methoxy groups -OCH3 is 1. The van der Waals surface area contributed by atoms with E-state index in [-0.39, 0.29) is 5.41 Å². The lowest BCUT2D eigenvalue weighted by Crippen LogP contribution is -2.34. The van der Waals surface area contributed by atoms with Crippen molar-refractivity contribution >= 4 is 22.6 Å². The number of benzene rings is 2. The van der Waals surface area contributed by atoms with E-state index in [9.17, 15) is 0 Å². The van der Waals surface area contributed by atoms with E-state index < -0.39 is 0 Å². The van der Waals surface area contributed by atoms with Crippen LogP contribution in [0.15, 0.2) is 72.9 Å². The third-order valence-electron chi connectivity index (χ3n) is 6.66. The van der Waals surface area contributed by atoms with Crippen LogP contribution in [0.4, 0.5) is 0 Å². The van der Waals surface area contributed by atoms with E-state index in [0.29, 0.717) is 0 Å². The van der Waals surface area contributed by atoms with Gasteiger partial charge >= 0.3 is 0 Å². The van der Waals surface area contributed by atoms with Gasteiger partial charge in [-0.15, -0.1) is 0 Å². The molecule has 0 bridgehead atoms. The van der Waals surface area contributed by atoms with E-state index in [1.165, 1.54) is 52.6 Å². The van der Waals surface area contributed by atoms with Gasteiger partial charge in [-0.05, 0) is 72.0 Å². The second-order valence-electron chi connectivity index (χ2n) is 8.06. The average molecular weight is 378 g/mol. The summed E-state index contributed by atoms with van der Waals surface area (Å²) in [5.41, 5.74) is 6.70. The van der Waals surface area contributed by atoms with Gasteiger partial charge in [0.05, 0.1) is 18.3 Å². The molecule has 2 aromatic heterocycles. The molecule has 0 unspecified atom stereocenters. The number of hydrogen-bond acceptors (Lipinski definition) is 2. The number of ether oxygens (including phenoxy) is 1. The first-order valence-corrected chi connectivity index (χ1v) is 10.2. The molecule has 1 saturated carbocycles. The first kappa shape index (κ1) is 16.6. The van der Waals surface area contributed by atoms with E-state index >= 15 is 0 Å². The molecule has 142 valence electrons. The summed E-state index contributed by atoms with van der Waals surface area (Å²) in [6.45, 7) is 0. The van der Waals surface area contributed by atoms with Gasteiger partial charge in [0.15, 0.2) is 0 Å². The number of rotatable bonds is 3. The molecule has 4 aromatic rings. The summed E-state index contributed by atoms with van der Waals surface area (Å²) in [6, 6.07) is 23.6. The van der Waals surface area contributed by atoms with Crippen LogP contribution < -0.4 is 4.74 Å². The molecular weight excluding hydrogens is 356 g/mol. The van der Waals surface area contributed by atoms with Crippen molar-refractivity contribution in [3.8, 4) is 11.6 Å². The van der Waals surface area contributed by atoms with Gasteiger partial charge in [-0.25, -0.2) is 4.98 Å². The Labute approximate surface area is 170 Å². The van der Waals surface area contributed by atoms with Crippen LogP contribution in [-0.2, 0) is 5.41 Å². The molecule has 29 heavy (non-hydrogen) atoms. The summed E-state index contributed by atoms with van der Waals surface area (Å²) >= 11 is 0. The molecule has 1 fully saturated rings. The van der Waals surface area contributed by atoms with Gasteiger partial charge in [0.25, 0.3) is 0 Å². The molecular formula is C26H22N2O. The number of pyridine rings is 1. The second-order valence-corrected chi connectivity index (χ2v) is 8.06. The quantitative estimate of drug-likeness (QED) is 0.436. The first-order chi connectivity index (χ1) is 14.3. The normalized spacial score (nSPS) is 16.5. The van der Waals surface area contributed by atoms with Crippen molar-refractivity contribution in [2.75, 3.05) is 7.11 Å². The zero-order valence-corrected chi connectivity index (χ0v) is 16.4. The van der Waals surface area contributed by atoms with Crippen molar-refractivity contribution < 1.29 is 4.74 Å². The lowest BCUT2D eigenvalue weighted by atomic mass is 9.61. The molecule has 3 heteroatoms. The maximum Gasteiger partial charge on any atom is 0.137 e. The predicted octanol–water partition coefficient (Wildman–Crippen LogP) is 6.01. The maximum atomic E-state index is 5.50. The summed E-state index contributed by atoms with van der Waals surface area (Å²) in [5, 5.41) is 1.25. The molecule has 1 spiro atoms. The molecule has 0 radical (unpaired) electrons. The first-order valence-electron chi connectivity index (χ1n) is 10.2. The molecule has 0 saturated heterocycles. The molecule has 6 rings (SSSR count). The lowest BCUT2D eigenvalue weighted by Gasteiger charge is -2.42. The molecule has 0 amide bonds. The van der Waals surface area contributed by atoms with Gasteiger partial charge in [0.1, 0.15) is 11.6 Å². The molecule has 0 aliphatic heterocycles. The molecule has 0 atom stereocenters. The summed E-state index contributed by atoms with van der Waals surface area (Å²) in [7, 11) is 1.74. The van der Waals surface area contributed by atoms with E-state index in [1.807, 2.05) is 12.3 Å². The Hall–Kier alpha value is -3.33. The number of hydrogen-bond donors (Lipinski definition) is 0. The summed E-state index contributed by atoms with van der Waals surface area (Å²) in [6.07, 6.45) is 7.91. The van der Waals surface area contributed by atoms with Gasteiger partial charge in [0, 0.05) is 17.0 Å². The third-order valence-corrected chi connectivity index (χ3v) is 6.66. The van der Waals surface area contributed by atoms with Crippen LogP contribution in [-0.4, -0.2) is 16.7 Å². The van der Waals surface area contributed by atoms with Crippen LogP contribution in [0, 0.1) is 0 Å². The molecule has 2 heterocycles. The molecule has 2 aliphatic carbocycles. The Bertz CT molecular complexity index is 1260. The highest BCUT2D eigenvalue weighted by atomic mass is 16.5. The number of para-hydroxylation sites is 1. The fourth-order valence-corrected chi connectivity index (χ4v) is 5.14. The van der Waals surface area contributed by atoms with Crippen molar-refractivity contribution in [2.24, 2.45) is 0 Å². The minimum absolute atomic E-state index is 0.114. The number of fused-ring (bicyclic) bond motifs is 3. The number of aromatic nitrogens is 2. The van der Waals surface area contributed by atoms with Gasteiger partial charge in [0.2, 0.25) is 0 Å². The van der Waals surface area contributed by atoms with Crippen LogP contribution in [0.3, 0.4) is 0 Å². The Morgan fingerprint density at radius 3 is 2.59 bits per heavy atom. The average Bonchev–Trinajstić information content (AvgIpc) is 3.29. The van der Waals surface area contributed by atoms with Crippen LogP contribution >= 0.6 is 0 Å². The van der Waals surface area contributed by atoms with E-state index in [0.717, 1.165) is 11.6 Å². The maximum absolute atomic E-state index is 5.50. The fourth-order valence-electron chi connectivity index (χ4n) is 5.14. The number of nitrogens with zero attached hydrogens (tertiary/aromatic N) is 2. The highest BCUT2D eigenvalue weighted by Crippen LogP contribution is 2.59. The van der Waals surface area contributed by atoms with Crippen LogP contribution in [0.2, 0.25) is 0 Å². The van der Waals surface area contributed by atoms with Gasteiger partial charge in [-0.1, -0.05) is 36.8 Å². The zero-order chi connectivity index (χ0) is 19.4. The molecule has 3 nitrogen and oxygen atoms in total. The van der Waals surface area contributed by atoms with Gasteiger partial charge in [-0.3, -0.25) is 4.57 Å². The zero-order valence-electron chi connectivity index (χ0n) is 16.4. The predicted molar refractivity (Wildman–Crippen MR) is 117 cm³/mol.